The van der Waals surface area contributed by atoms with E-state index in [0.29, 0.717) is 17.2 Å². The smallest absolute Gasteiger partial charge is 0.272 e. The Morgan fingerprint density at radius 2 is 2.00 bits per heavy atom. The number of carbonyl (C=O) groups is 1. The van der Waals surface area contributed by atoms with E-state index < -0.39 is 0 Å². The summed E-state index contributed by atoms with van der Waals surface area (Å²) in [4.78, 5) is 21.2. The second-order valence-corrected chi connectivity index (χ2v) is 6.36. The molecular weight excluding hydrogens is 266 g/mol. The first-order valence-electron chi connectivity index (χ1n) is 7.61. The Morgan fingerprint density at radius 3 is 2.57 bits per heavy atom. The van der Waals surface area contributed by atoms with Crippen molar-refractivity contribution in [2.45, 2.75) is 64.3 Å². The van der Waals surface area contributed by atoms with E-state index in [1.165, 1.54) is 6.42 Å². The molecule has 0 unspecified atom stereocenters. The summed E-state index contributed by atoms with van der Waals surface area (Å²) in [5.41, 5.74) is 3.14. The average molecular weight is 291 g/mol. The van der Waals surface area contributed by atoms with Crippen LogP contribution < -0.4 is 16.6 Å². The number of aromatic nitrogens is 2. The van der Waals surface area contributed by atoms with Gasteiger partial charge in [-0.05, 0) is 19.8 Å². The molecule has 0 atom stereocenters. The lowest BCUT2D eigenvalue weighted by atomic mass is 9.83. The Hall–Kier alpha value is -1.69. The third-order valence-corrected chi connectivity index (χ3v) is 4.07. The maximum Gasteiger partial charge on any atom is 0.272 e. The third kappa shape index (κ3) is 3.69. The van der Waals surface area contributed by atoms with Gasteiger partial charge in [-0.1, -0.05) is 33.1 Å². The van der Waals surface area contributed by atoms with Gasteiger partial charge in [-0.25, -0.2) is 9.97 Å². The van der Waals surface area contributed by atoms with Crippen molar-refractivity contribution in [2.75, 3.05) is 5.43 Å². The van der Waals surface area contributed by atoms with E-state index in [-0.39, 0.29) is 17.4 Å². The van der Waals surface area contributed by atoms with E-state index in [0.717, 1.165) is 25.7 Å². The zero-order valence-electron chi connectivity index (χ0n) is 13.1. The minimum atomic E-state index is -0.184. The summed E-state index contributed by atoms with van der Waals surface area (Å²) in [6, 6.07) is 0. The minimum absolute atomic E-state index is 0.149. The third-order valence-electron chi connectivity index (χ3n) is 4.07. The molecule has 1 saturated carbocycles. The van der Waals surface area contributed by atoms with Crippen molar-refractivity contribution in [3.05, 3.63) is 17.7 Å². The summed E-state index contributed by atoms with van der Waals surface area (Å²) in [5.74, 6) is 6.09. The van der Waals surface area contributed by atoms with E-state index in [9.17, 15) is 4.79 Å². The van der Waals surface area contributed by atoms with Crippen molar-refractivity contribution in [1.82, 2.24) is 15.3 Å². The maximum atomic E-state index is 12.6. The zero-order chi connectivity index (χ0) is 15.5. The molecule has 1 fully saturated rings. The SMILES string of the molecule is CC(C)c1ncc(NN)c(C(=O)NC2(C)CCCCC2)n1. The number of nitrogens with two attached hydrogens (primary N) is 1. The molecule has 1 aliphatic carbocycles. The van der Waals surface area contributed by atoms with Crippen molar-refractivity contribution in [2.24, 2.45) is 5.84 Å². The molecule has 1 aromatic heterocycles. The van der Waals surface area contributed by atoms with Crippen LogP contribution in [0.3, 0.4) is 0 Å². The van der Waals surface area contributed by atoms with E-state index >= 15 is 0 Å². The maximum absolute atomic E-state index is 12.6. The fourth-order valence-corrected chi connectivity index (χ4v) is 2.74. The van der Waals surface area contributed by atoms with Gasteiger partial charge in [0.2, 0.25) is 0 Å². The lowest BCUT2D eigenvalue weighted by molar-refractivity contribution is 0.0878. The lowest BCUT2D eigenvalue weighted by Crippen LogP contribution is -2.47. The van der Waals surface area contributed by atoms with E-state index in [2.05, 4.69) is 27.6 Å². The van der Waals surface area contributed by atoms with Crippen LogP contribution in [0.5, 0.6) is 0 Å². The van der Waals surface area contributed by atoms with Gasteiger partial charge in [-0.15, -0.1) is 0 Å². The monoisotopic (exact) mass is 291 g/mol. The topological polar surface area (TPSA) is 92.9 Å². The summed E-state index contributed by atoms with van der Waals surface area (Å²) in [6.07, 6.45) is 7.13. The summed E-state index contributed by atoms with van der Waals surface area (Å²) in [6.45, 7) is 6.09. The van der Waals surface area contributed by atoms with Crippen LogP contribution in [0.1, 0.15) is 75.1 Å². The zero-order valence-corrected chi connectivity index (χ0v) is 13.1. The molecule has 1 amide bonds. The second kappa shape index (κ2) is 6.39. The highest BCUT2D eigenvalue weighted by molar-refractivity contribution is 5.97. The molecule has 0 aromatic carbocycles. The van der Waals surface area contributed by atoms with E-state index in [1.54, 1.807) is 6.20 Å². The van der Waals surface area contributed by atoms with Gasteiger partial charge in [0.25, 0.3) is 5.91 Å². The predicted molar refractivity (Wildman–Crippen MR) is 82.9 cm³/mol. The van der Waals surface area contributed by atoms with E-state index in [4.69, 9.17) is 5.84 Å². The van der Waals surface area contributed by atoms with Crippen LogP contribution in [0.15, 0.2) is 6.20 Å². The number of amides is 1. The van der Waals surface area contributed by atoms with Crippen LogP contribution in [0.4, 0.5) is 5.69 Å². The molecule has 2 rings (SSSR count). The molecular formula is C15H25N5O. The van der Waals surface area contributed by atoms with Crippen LogP contribution in [-0.4, -0.2) is 21.4 Å². The van der Waals surface area contributed by atoms with Gasteiger partial charge in [0, 0.05) is 11.5 Å². The summed E-state index contributed by atoms with van der Waals surface area (Å²) in [5, 5.41) is 3.13. The number of rotatable bonds is 4. The molecule has 1 aliphatic rings. The molecule has 1 aromatic rings. The van der Waals surface area contributed by atoms with Gasteiger partial charge in [0.15, 0.2) is 5.69 Å². The van der Waals surface area contributed by atoms with Crippen LogP contribution >= 0.6 is 0 Å². The Balaban J connectivity index is 2.22. The number of nitrogens with zero attached hydrogens (tertiary/aromatic N) is 2. The molecule has 0 bridgehead atoms. The standard InChI is InChI=1S/C15H25N5O/c1-10(2)13-17-9-11(20-16)12(18-13)14(21)19-15(3)7-5-4-6-8-15/h9-10,20H,4-8,16H2,1-3H3,(H,19,21). The largest absolute Gasteiger partial charge is 0.345 e. The summed E-state index contributed by atoms with van der Waals surface area (Å²) in [7, 11) is 0. The predicted octanol–water partition coefficient (Wildman–Crippen LogP) is 2.34. The summed E-state index contributed by atoms with van der Waals surface area (Å²) < 4.78 is 0. The van der Waals surface area contributed by atoms with Gasteiger partial charge in [0.1, 0.15) is 5.82 Å². The Morgan fingerprint density at radius 1 is 1.33 bits per heavy atom. The highest BCUT2D eigenvalue weighted by atomic mass is 16.2. The molecule has 0 aliphatic heterocycles. The average Bonchev–Trinajstić information content (AvgIpc) is 2.46. The number of anilines is 1. The molecule has 4 N–H and O–H groups in total. The van der Waals surface area contributed by atoms with Gasteiger partial charge >= 0.3 is 0 Å². The molecule has 0 saturated heterocycles. The van der Waals surface area contributed by atoms with Crippen LogP contribution in [-0.2, 0) is 0 Å². The Bertz CT molecular complexity index is 509. The second-order valence-electron chi connectivity index (χ2n) is 6.36. The molecule has 0 radical (unpaired) electrons. The van der Waals surface area contributed by atoms with Crippen LogP contribution in [0.2, 0.25) is 0 Å². The highest BCUT2D eigenvalue weighted by Gasteiger charge is 2.30. The first-order valence-corrected chi connectivity index (χ1v) is 7.61. The molecule has 116 valence electrons. The number of hydrazine groups is 1. The van der Waals surface area contributed by atoms with E-state index in [1.807, 2.05) is 13.8 Å². The number of hydrogen-bond donors (Lipinski definition) is 3. The molecule has 6 heteroatoms. The number of hydrogen-bond acceptors (Lipinski definition) is 5. The van der Waals surface area contributed by atoms with Crippen molar-refractivity contribution in [3.8, 4) is 0 Å². The van der Waals surface area contributed by atoms with Crippen LogP contribution in [0.25, 0.3) is 0 Å². The Labute approximate surface area is 125 Å². The van der Waals surface area contributed by atoms with Gasteiger partial charge in [-0.3, -0.25) is 10.6 Å². The first-order chi connectivity index (χ1) is 9.95. The number of nitrogens with one attached hydrogen (secondary N) is 2. The van der Waals surface area contributed by atoms with Gasteiger partial charge in [-0.2, -0.15) is 0 Å². The lowest BCUT2D eigenvalue weighted by Gasteiger charge is -2.34. The quantitative estimate of drug-likeness (QED) is 0.585. The summed E-state index contributed by atoms with van der Waals surface area (Å²) >= 11 is 0. The van der Waals surface area contributed by atoms with Crippen molar-refractivity contribution in [3.63, 3.8) is 0 Å². The highest BCUT2D eigenvalue weighted by Crippen LogP contribution is 2.28. The number of carbonyl (C=O) groups excluding carboxylic acids is 1. The fourth-order valence-electron chi connectivity index (χ4n) is 2.74. The van der Waals surface area contributed by atoms with Crippen LogP contribution in [0, 0.1) is 0 Å². The molecule has 6 nitrogen and oxygen atoms in total. The van der Waals surface area contributed by atoms with Gasteiger partial charge < -0.3 is 10.7 Å². The fraction of sp³-hybridized carbons (Fsp3) is 0.667. The molecule has 1 heterocycles. The van der Waals surface area contributed by atoms with Crippen molar-refractivity contribution in [1.29, 1.82) is 0 Å². The van der Waals surface area contributed by atoms with Crippen molar-refractivity contribution < 1.29 is 4.79 Å². The first kappa shape index (κ1) is 15.7. The molecule has 21 heavy (non-hydrogen) atoms. The number of nitrogen functional groups attached to an aromatic ring is 1. The molecule has 0 spiro atoms. The normalized spacial score (nSPS) is 17.6. The van der Waals surface area contributed by atoms with Crippen molar-refractivity contribution >= 4 is 11.6 Å². The minimum Gasteiger partial charge on any atom is -0.345 e. The Kier molecular flexibility index (Phi) is 4.77. The van der Waals surface area contributed by atoms with Gasteiger partial charge in [0.05, 0.1) is 11.9 Å².